The van der Waals surface area contributed by atoms with Gasteiger partial charge in [0.25, 0.3) is 0 Å². The summed E-state index contributed by atoms with van der Waals surface area (Å²) in [5, 5.41) is 2.65. The molecule has 1 N–H and O–H groups in total. The van der Waals surface area contributed by atoms with Crippen LogP contribution in [0.3, 0.4) is 0 Å². The molecule has 0 aromatic rings. The number of carbonyl (C=O) groups excluding carboxylic acids is 2. The molecule has 4 heteroatoms. The highest BCUT2D eigenvalue weighted by molar-refractivity contribution is 5.83. The molecule has 1 aliphatic rings. The molecule has 2 atom stereocenters. The van der Waals surface area contributed by atoms with Gasteiger partial charge in [0.1, 0.15) is 6.54 Å². The maximum atomic E-state index is 11.9. The molecule has 1 aliphatic carbocycles. The molecule has 1 saturated carbocycles. The minimum absolute atomic E-state index is 0.00148. The number of hydrogen-bond acceptors (Lipinski definition) is 3. The van der Waals surface area contributed by atoms with Crippen molar-refractivity contribution in [3.8, 4) is 0 Å². The van der Waals surface area contributed by atoms with E-state index in [1.807, 2.05) is 0 Å². The van der Waals surface area contributed by atoms with E-state index in [1.54, 1.807) is 0 Å². The summed E-state index contributed by atoms with van der Waals surface area (Å²) in [6.45, 7) is 4.28. The number of esters is 1. The number of nitrogens with one attached hydrogen (secondary N) is 1. The molecule has 0 saturated heterocycles. The topological polar surface area (TPSA) is 55.4 Å². The van der Waals surface area contributed by atoms with E-state index < -0.39 is 5.97 Å². The van der Waals surface area contributed by atoms with E-state index in [9.17, 15) is 9.59 Å². The second-order valence-electron chi connectivity index (χ2n) is 4.74. The molecule has 1 fully saturated rings. The zero-order chi connectivity index (χ0) is 12.1. The van der Waals surface area contributed by atoms with E-state index in [-0.39, 0.29) is 18.4 Å². The first-order chi connectivity index (χ1) is 7.56. The van der Waals surface area contributed by atoms with Gasteiger partial charge >= 0.3 is 5.97 Å². The standard InChI is InChI=1S/C12H21NO3/c1-8(2)9-5-4-6-10(9)12(15)13-7-11(14)16-3/h8-10H,4-7H2,1-3H3,(H,13,15)/t9-,10-/m0/s1. The smallest absolute Gasteiger partial charge is 0.325 e. The van der Waals surface area contributed by atoms with E-state index in [0.29, 0.717) is 11.8 Å². The number of hydrogen-bond donors (Lipinski definition) is 1. The van der Waals surface area contributed by atoms with Crippen LogP contribution >= 0.6 is 0 Å². The van der Waals surface area contributed by atoms with Gasteiger partial charge in [0.05, 0.1) is 7.11 Å². The fraction of sp³-hybridized carbons (Fsp3) is 0.833. The zero-order valence-corrected chi connectivity index (χ0v) is 10.3. The molecule has 1 rings (SSSR count). The van der Waals surface area contributed by atoms with Gasteiger partial charge in [-0.2, -0.15) is 0 Å². The molecular weight excluding hydrogens is 206 g/mol. The van der Waals surface area contributed by atoms with Crippen molar-refractivity contribution in [1.29, 1.82) is 0 Å². The van der Waals surface area contributed by atoms with Crippen molar-refractivity contribution < 1.29 is 14.3 Å². The molecular formula is C12H21NO3. The van der Waals surface area contributed by atoms with Crippen LogP contribution in [0.15, 0.2) is 0 Å². The Kier molecular flexibility index (Phi) is 4.77. The number of rotatable bonds is 4. The van der Waals surface area contributed by atoms with E-state index in [1.165, 1.54) is 7.11 Å². The zero-order valence-electron chi connectivity index (χ0n) is 10.3. The van der Waals surface area contributed by atoms with Gasteiger partial charge in [0, 0.05) is 5.92 Å². The first-order valence-electron chi connectivity index (χ1n) is 5.90. The normalized spacial score (nSPS) is 24.5. The van der Waals surface area contributed by atoms with Crippen molar-refractivity contribution >= 4 is 11.9 Å². The third-order valence-corrected chi connectivity index (χ3v) is 3.40. The molecule has 0 radical (unpaired) electrons. The van der Waals surface area contributed by atoms with Gasteiger partial charge in [-0.15, -0.1) is 0 Å². The van der Waals surface area contributed by atoms with Crippen LogP contribution in [0.5, 0.6) is 0 Å². The third-order valence-electron chi connectivity index (χ3n) is 3.40. The Morgan fingerprint density at radius 1 is 1.38 bits per heavy atom. The van der Waals surface area contributed by atoms with Crippen molar-refractivity contribution in [2.75, 3.05) is 13.7 Å². The molecule has 16 heavy (non-hydrogen) atoms. The number of amides is 1. The Labute approximate surface area is 96.7 Å². The summed E-state index contributed by atoms with van der Waals surface area (Å²) in [7, 11) is 1.32. The maximum Gasteiger partial charge on any atom is 0.325 e. The molecule has 92 valence electrons. The summed E-state index contributed by atoms with van der Waals surface area (Å²) >= 11 is 0. The van der Waals surface area contributed by atoms with Gasteiger partial charge in [-0.1, -0.05) is 20.3 Å². The first kappa shape index (κ1) is 13.0. The average molecular weight is 227 g/mol. The molecule has 0 spiro atoms. The Morgan fingerprint density at radius 2 is 2.06 bits per heavy atom. The van der Waals surface area contributed by atoms with Crippen LogP contribution in [0.2, 0.25) is 0 Å². The first-order valence-corrected chi connectivity index (χ1v) is 5.90. The van der Waals surface area contributed by atoms with Crippen LogP contribution in [-0.2, 0) is 14.3 Å². The molecule has 0 bridgehead atoms. The molecule has 4 nitrogen and oxygen atoms in total. The lowest BCUT2D eigenvalue weighted by Gasteiger charge is -2.22. The van der Waals surface area contributed by atoms with Crippen molar-refractivity contribution in [3.63, 3.8) is 0 Å². The number of ether oxygens (including phenoxy) is 1. The van der Waals surface area contributed by atoms with E-state index in [2.05, 4.69) is 23.9 Å². The van der Waals surface area contributed by atoms with E-state index in [4.69, 9.17) is 0 Å². The second-order valence-corrected chi connectivity index (χ2v) is 4.74. The predicted octanol–water partition coefficient (Wildman–Crippen LogP) is 1.35. The minimum Gasteiger partial charge on any atom is -0.468 e. The summed E-state index contributed by atoms with van der Waals surface area (Å²) in [4.78, 5) is 22.8. The van der Waals surface area contributed by atoms with Gasteiger partial charge in [-0.25, -0.2) is 0 Å². The SMILES string of the molecule is COC(=O)CNC(=O)[C@H]1CCC[C@H]1C(C)C. The second kappa shape index (κ2) is 5.87. The van der Waals surface area contributed by atoms with E-state index >= 15 is 0 Å². The largest absolute Gasteiger partial charge is 0.468 e. The van der Waals surface area contributed by atoms with Gasteiger partial charge in [-0.3, -0.25) is 9.59 Å². The summed E-state index contributed by atoms with van der Waals surface area (Å²) in [6.07, 6.45) is 3.17. The Bertz CT molecular complexity index is 263. The Hall–Kier alpha value is -1.06. The minimum atomic E-state index is -0.396. The Morgan fingerprint density at radius 3 is 2.62 bits per heavy atom. The molecule has 0 heterocycles. The Balaban J connectivity index is 2.44. The van der Waals surface area contributed by atoms with Gasteiger partial charge < -0.3 is 10.1 Å². The summed E-state index contributed by atoms with van der Waals surface area (Å²) in [6, 6.07) is 0. The van der Waals surface area contributed by atoms with Gasteiger partial charge in [0.2, 0.25) is 5.91 Å². The highest BCUT2D eigenvalue weighted by Crippen LogP contribution is 2.36. The summed E-state index contributed by atoms with van der Waals surface area (Å²) < 4.78 is 4.48. The lowest BCUT2D eigenvalue weighted by Crippen LogP contribution is -2.37. The number of methoxy groups -OCH3 is 1. The van der Waals surface area contributed by atoms with Crippen molar-refractivity contribution in [2.24, 2.45) is 17.8 Å². The van der Waals surface area contributed by atoms with E-state index in [0.717, 1.165) is 19.3 Å². The van der Waals surface area contributed by atoms with Crippen LogP contribution in [0.1, 0.15) is 33.1 Å². The van der Waals surface area contributed by atoms with Crippen molar-refractivity contribution in [3.05, 3.63) is 0 Å². The third kappa shape index (κ3) is 3.22. The predicted molar refractivity (Wildman–Crippen MR) is 60.7 cm³/mol. The fourth-order valence-electron chi connectivity index (χ4n) is 2.47. The quantitative estimate of drug-likeness (QED) is 0.737. The van der Waals surface area contributed by atoms with Crippen molar-refractivity contribution in [2.45, 2.75) is 33.1 Å². The maximum absolute atomic E-state index is 11.9. The fourth-order valence-corrected chi connectivity index (χ4v) is 2.47. The lowest BCUT2D eigenvalue weighted by atomic mass is 9.85. The molecule has 0 unspecified atom stereocenters. The van der Waals surface area contributed by atoms with Crippen LogP contribution in [0.4, 0.5) is 0 Å². The molecule has 0 aliphatic heterocycles. The van der Waals surface area contributed by atoms with Gasteiger partial charge in [-0.05, 0) is 24.7 Å². The molecule has 1 amide bonds. The monoisotopic (exact) mass is 227 g/mol. The molecule has 0 aromatic carbocycles. The highest BCUT2D eigenvalue weighted by Gasteiger charge is 2.34. The van der Waals surface area contributed by atoms with Crippen molar-refractivity contribution in [1.82, 2.24) is 5.32 Å². The van der Waals surface area contributed by atoms with Crippen LogP contribution in [0, 0.1) is 17.8 Å². The number of carbonyl (C=O) groups is 2. The highest BCUT2D eigenvalue weighted by atomic mass is 16.5. The van der Waals surface area contributed by atoms with Gasteiger partial charge in [0.15, 0.2) is 0 Å². The van der Waals surface area contributed by atoms with Crippen LogP contribution in [-0.4, -0.2) is 25.5 Å². The lowest BCUT2D eigenvalue weighted by molar-refractivity contribution is -0.141. The molecule has 0 aromatic heterocycles. The summed E-state index contributed by atoms with van der Waals surface area (Å²) in [5.74, 6) is 0.660. The van der Waals surface area contributed by atoms with Crippen LogP contribution in [0.25, 0.3) is 0 Å². The van der Waals surface area contributed by atoms with Crippen LogP contribution < -0.4 is 5.32 Å². The summed E-state index contributed by atoms with van der Waals surface area (Å²) in [5.41, 5.74) is 0. The average Bonchev–Trinajstić information content (AvgIpc) is 2.74.